The highest BCUT2D eigenvalue weighted by atomic mass is 35.5. The van der Waals surface area contributed by atoms with Crippen LogP contribution < -0.4 is 5.32 Å². The number of carbonyl (C=O) groups is 1. The van der Waals surface area contributed by atoms with Gasteiger partial charge in [0.2, 0.25) is 15.9 Å². The third-order valence-electron chi connectivity index (χ3n) is 2.29. The van der Waals surface area contributed by atoms with E-state index >= 15 is 0 Å². The standard InChI is InChI=1S/C10H14ClN3O3S/c1-3-14(7-10(15)12-2)18(16,17)8-4-5-13-9(11)6-8/h4-6H,3,7H2,1-2H3,(H,12,15). The summed E-state index contributed by atoms with van der Waals surface area (Å²) in [7, 11) is -2.28. The average Bonchev–Trinajstić information content (AvgIpc) is 2.35. The summed E-state index contributed by atoms with van der Waals surface area (Å²) >= 11 is 5.66. The van der Waals surface area contributed by atoms with E-state index in [-0.39, 0.29) is 29.0 Å². The van der Waals surface area contributed by atoms with Crippen molar-refractivity contribution in [1.82, 2.24) is 14.6 Å². The van der Waals surface area contributed by atoms with E-state index in [0.717, 1.165) is 4.31 Å². The van der Waals surface area contributed by atoms with Gasteiger partial charge in [0, 0.05) is 19.8 Å². The number of amides is 1. The summed E-state index contributed by atoms with van der Waals surface area (Å²) in [5.74, 6) is -0.374. The van der Waals surface area contributed by atoms with Gasteiger partial charge in [0.15, 0.2) is 0 Å². The second-order valence-corrected chi connectivity index (χ2v) is 5.74. The van der Waals surface area contributed by atoms with E-state index < -0.39 is 10.0 Å². The molecule has 1 rings (SSSR count). The van der Waals surface area contributed by atoms with Crippen molar-refractivity contribution < 1.29 is 13.2 Å². The first-order valence-corrected chi connectivity index (χ1v) is 7.06. The van der Waals surface area contributed by atoms with Crippen molar-refractivity contribution in [3.63, 3.8) is 0 Å². The molecule has 1 N–H and O–H groups in total. The number of likely N-dealkylation sites (N-methyl/N-ethyl adjacent to an activating group) is 2. The van der Waals surface area contributed by atoms with Gasteiger partial charge in [0.25, 0.3) is 0 Å². The molecule has 0 aliphatic carbocycles. The first-order valence-electron chi connectivity index (χ1n) is 5.24. The van der Waals surface area contributed by atoms with Crippen LogP contribution in [0.3, 0.4) is 0 Å². The molecular weight excluding hydrogens is 278 g/mol. The van der Waals surface area contributed by atoms with Crippen LogP contribution in [0.1, 0.15) is 6.92 Å². The van der Waals surface area contributed by atoms with Crippen LogP contribution in [0, 0.1) is 0 Å². The number of sulfonamides is 1. The molecular formula is C10H14ClN3O3S. The van der Waals surface area contributed by atoms with Crippen molar-refractivity contribution in [3.05, 3.63) is 23.5 Å². The van der Waals surface area contributed by atoms with Crippen molar-refractivity contribution in [2.24, 2.45) is 0 Å². The van der Waals surface area contributed by atoms with E-state index in [4.69, 9.17) is 11.6 Å². The Hall–Kier alpha value is -1.18. The van der Waals surface area contributed by atoms with Gasteiger partial charge in [-0.05, 0) is 12.1 Å². The van der Waals surface area contributed by atoms with Gasteiger partial charge in [-0.3, -0.25) is 4.79 Å². The van der Waals surface area contributed by atoms with Gasteiger partial charge in [-0.15, -0.1) is 0 Å². The summed E-state index contributed by atoms with van der Waals surface area (Å²) in [5.41, 5.74) is 0. The zero-order valence-electron chi connectivity index (χ0n) is 10.1. The Labute approximate surface area is 111 Å². The lowest BCUT2D eigenvalue weighted by molar-refractivity contribution is -0.120. The molecule has 0 spiro atoms. The molecule has 0 fully saturated rings. The third kappa shape index (κ3) is 3.41. The molecule has 0 bridgehead atoms. The molecule has 0 unspecified atom stereocenters. The molecule has 0 aliphatic rings. The first kappa shape index (κ1) is 14.9. The van der Waals surface area contributed by atoms with Crippen LogP contribution in [0.4, 0.5) is 0 Å². The molecule has 0 radical (unpaired) electrons. The second kappa shape index (κ2) is 6.12. The minimum Gasteiger partial charge on any atom is -0.358 e. The van der Waals surface area contributed by atoms with Crippen LogP contribution in [-0.4, -0.2) is 43.8 Å². The fourth-order valence-electron chi connectivity index (χ4n) is 1.30. The van der Waals surface area contributed by atoms with Crippen LogP contribution in [0.25, 0.3) is 0 Å². The number of hydrogen-bond donors (Lipinski definition) is 1. The van der Waals surface area contributed by atoms with E-state index in [1.54, 1.807) is 6.92 Å². The molecule has 0 aliphatic heterocycles. The fraction of sp³-hybridized carbons (Fsp3) is 0.400. The number of halogens is 1. The molecule has 18 heavy (non-hydrogen) atoms. The van der Waals surface area contributed by atoms with Gasteiger partial charge >= 0.3 is 0 Å². The summed E-state index contributed by atoms with van der Waals surface area (Å²) in [6.45, 7) is 1.62. The lowest BCUT2D eigenvalue weighted by atomic mass is 10.5. The predicted molar refractivity (Wildman–Crippen MR) is 67.7 cm³/mol. The van der Waals surface area contributed by atoms with Crippen molar-refractivity contribution >= 4 is 27.5 Å². The molecule has 1 heterocycles. The van der Waals surface area contributed by atoms with Crippen molar-refractivity contribution in [2.75, 3.05) is 20.1 Å². The zero-order valence-corrected chi connectivity index (χ0v) is 11.6. The van der Waals surface area contributed by atoms with Crippen LogP contribution in [-0.2, 0) is 14.8 Å². The Morgan fingerprint density at radius 1 is 1.56 bits per heavy atom. The molecule has 1 aromatic heterocycles. The molecule has 0 saturated carbocycles. The van der Waals surface area contributed by atoms with Gasteiger partial charge < -0.3 is 5.32 Å². The highest BCUT2D eigenvalue weighted by Crippen LogP contribution is 2.17. The zero-order chi connectivity index (χ0) is 13.8. The van der Waals surface area contributed by atoms with E-state index in [0.29, 0.717) is 0 Å². The van der Waals surface area contributed by atoms with E-state index in [1.165, 1.54) is 25.4 Å². The Kier molecular flexibility index (Phi) is 5.06. The highest BCUT2D eigenvalue weighted by Gasteiger charge is 2.25. The molecule has 8 heteroatoms. The Balaban J connectivity index is 3.07. The van der Waals surface area contributed by atoms with Crippen molar-refractivity contribution in [3.8, 4) is 0 Å². The second-order valence-electron chi connectivity index (χ2n) is 3.42. The van der Waals surface area contributed by atoms with Crippen LogP contribution in [0.2, 0.25) is 5.15 Å². The minimum atomic E-state index is -3.73. The molecule has 0 atom stereocenters. The summed E-state index contributed by atoms with van der Waals surface area (Å²) < 4.78 is 25.5. The molecule has 100 valence electrons. The summed E-state index contributed by atoms with van der Waals surface area (Å²) in [5, 5.41) is 2.47. The predicted octanol–water partition coefficient (Wildman–Crippen LogP) is 0.492. The highest BCUT2D eigenvalue weighted by molar-refractivity contribution is 7.89. The van der Waals surface area contributed by atoms with E-state index in [2.05, 4.69) is 10.3 Å². The van der Waals surface area contributed by atoms with Gasteiger partial charge in [-0.2, -0.15) is 4.31 Å². The van der Waals surface area contributed by atoms with E-state index in [1.807, 2.05) is 0 Å². The Bertz CT molecular complexity index is 533. The largest absolute Gasteiger partial charge is 0.358 e. The normalized spacial score (nSPS) is 11.6. The van der Waals surface area contributed by atoms with Crippen molar-refractivity contribution in [1.29, 1.82) is 0 Å². The lowest BCUT2D eigenvalue weighted by Crippen LogP contribution is -2.39. The van der Waals surface area contributed by atoms with Gasteiger partial charge in [-0.1, -0.05) is 18.5 Å². The number of nitrogens with one attached hydrogen (secondary N) is 1. The molecule has 0 aromatic carbocycles. The van der Waals surface area contributed by atoms with Gasteiger partial charge in [0.1, 0.15) is 5.15 Å². The Morgan fingerprint density at radius 3 is 2.72 bits per heavy atom. The van der Waals surface area contributed by atoms with Crippen LogP contribution in [0.15, 0.2) is 23.2 Å². The number of aromatic nitrogens is 1. The Morgan fingerprint density at radius 2 is 2.22 bits per heavy atom. The molecule has 1 amide bonds. The third-order valence-corrected chi connectivity index (χ3v) is 4.41. The number of hydrogen-bond acceptors (Lipinski definition) is 4. The topological polar surface area (TPSA) is 79.4 Å². The van der Waals surface area contributed by atoms with Crippen LogP contribution in [0.5, 0.6) is 0 Å². The first-order chi connectivity index (χ1) is 8.41. The smallest absolute Gasteiger partial charge is 0.243 e. The van der Waals surface area contributed by atoms with Crippen LogP contribution >= 0.6 is 11.6 Å². The maximum atomic E-state index is 12.2. The summed E-state index contributed by atoms with van der Waals surface area (Å²) in [6, 6.07) is 2.59. The van der Waals surface area contributed by atoms with Gasteiger partial charge in [0.05, 0.1) is 11.4 Å². The fourth-order valence-corrected chi connectivity index (χ4v) is 2.96. The number of pyridine rings is 1. The summed E-state index contributed by atoms with van der Waals surface area (Å²) in [6.07, 6.45) is 1.31. The number of carbonyl (C=O) groups excluding carboxylic acids is 1. The van der Waals surface area contributed by atoms with E-state index in [9.17, 15) is 13.2 Å². The molecule has 1 aromatic rings. The lowest BCUT2D eigenvalue weighted by Gasteiger charge is -2.19. The SMILES string of the molecule is CCN(CC(=O)NC)S(=O)(=O)c1ccnc(Cl)c1. The van der Waals surface area contributed by atoms with Crippen molar-refractivity contribution in [2.45, 2.75) is 11.8 Å². The van der Waals surface area contributed by atoms with Gasteiger partial charge in [-0.25, -0.2) is 13.4 Å². The number of nitrogens with zero attached hydrogens (tertiary/aromatic N) is 2. The quantitative estimate of drug-likeness (QED) is 0.801. The minimum absolute atomic E-state index is 0.0215. The summed E-state index contributed by atoms with van der Waals surface area (Å²) in [4.78, 5) is 15.0. The average molecular weight is 292 g/mol. The maximum absolute atomic E-state index is 12.2. The molecule has 0 saturated heterocycles. The maximum Gasteiger partial charge on any atom is 0.243 e. The monoisotopic (exact) mass is 291 g/mol. The molecule has 6 nitrogen and oxygen atoms in total. The number of rotatable bonds is 5.